The quantitative estimate of drug-likeness (QED) is 0.308. The average molecular weight is 454 g/mol. The highest BCUT2D eigenvalue weighted by atomic mass is 32.2. The van der Waals surface area contributed by atoms with Crippen LogP contribution in [0.3, 0.4) is 0 Å². The first kappa shape index (κ1) is 21.2. The maximum absolute atomic E-state index is 6.20. The lowest BCUT2D eigenvalue weighted by Gasteiger charge is -2.11. The third-order valence-corrected chi connectivity index (χ3v) is 6.63. The summed E-state index contributed by atoms with van der Waals surface area (Å²) >= 11 is 3.08. The molecule has 0 aliphatic carbocycles. The number of thioether (sulfide) groups is 1. The van der Waals surface area contributed by atoms with Crippen LogP contribution in [0.2, 0.25) is 0 Å². The standard InChI is InChI=1S/C22H23N5O2S2/c1-14-7-6-8-15(2)20(14)29-11-19-25-26-22(27(19)23)31-13-16-12-30-21(24-16)17-9-4-5-10-18(17)28-3/h4-10,12H,11,13,23H2,1-3H3. The zero-order valence-corrected chi connectivity index (χ0v) is 19.2. The van der Waals surface area contributed by atoms with Gasteiger partial charge in [-0.25, -0.2) is 9.66 Å². The van der Waals surface area contributed by atoms with Gasteiger partial charge in [-0.05, 0) is 37.1 Å². The Morgan fingerprint density at radius 2 is 1.84 bits per heavy atom. The van der Waals surface area contributed by atoms with Crippen molar-refractivity contribution in [2.24, 2.45) is 0 Å². The van der Waals surface area contributed by atoms with Gasteiger partial charge in [-0.1, -0.05) is 42.1 Å². The number of methoxy groups -OCH3 is 1. The zero-order chi connectivity index (χ0) is 21.8. The van der Waals surface area contributed by atoms with Crippen molar-refractivity contribution >= 4 is 23.1 Å². The van der Waals surface area contributed by atoms with E-state index in [4.69, 9.17) is 20.3 Å². The Labute approximate surface area is 189 Å². The van der Waals surface area contributed by atoms with Gasteiger partial charge in [-0.2, -0.15) is 0 Å². The Bertz CT molecular complexity index is 1170. The Balaban J connectivity index is 1.40. The first-order valence-corrected chi connectivity index (χ1v) is 11.5. The van der Waals surface area contributed by atoms with E-state index in [2.05, 4.69) is 10.2 Å². The van der Waals surface area contributed by atoms with Crippen molar-refractivity contribution < 1.29 is 9.47 Å². The molecule has 2 N–H and O–H groups in total. The molecule has 2 heterocycles. The van der Waals surface area contributed by atoms with Gasteiger partial charge < -0.3 is 15.3 Å². The maximum atomic E-state index is 6.20. The zero-order valence-electron chi connectivity index (χ0n) is 17.5. The molecule has 0 aliphatic rings. The Morgan fingerprint density at radius 3 is 2.61 bits per heavy atom. The van der Waals surface area contributed by atoms with Crippen molar-refractivity contribution in [2.45, 2.75) is 31.4 Å². The average Bonchev–Trinajstić information content (AvgIpc) is 3.39. The number of nitrogen functional groups attached to an aromatic ring is 1. The summed E-state index contributed by atoms with van der Waals surface area (Å²) in [4.78, 5) is 4.73. The van der Waals surface area contributed by atoms with Crippen molar-refractivity contribution in [2.75, 3.05) is 13.0 Å². The highest BCUT2D eigenvalue weighted by molar-refractivity contribution is 7.98. The number of benzene rings is 2. The summed E-state index contributed by atoms with van der Waals surface area (Å²) in [5.74, 6) is 9.07. The van der Waals surface area contributed by atoms with Gasteiger partial charge in [0.1, 0.15) is 23.1 Å². The number of hydrogen-bond acceptors (Lipinski definition) is 8. The molecule has 4 aromatic rings. The van der Waals surface area contributed by atoms with E-state index in [0.29, 0.717) is 16.7 Å². The summed E-state index contributed by atoms with van der Waals surface area (Å²) in [5.41, 5.74) is 4.09. The third-order valence-electron chi connectivity index (χ3n) is 4.73. The molecule has 9 heteroatoms. The summed E-state index contributed by atoms with van der Waals surface area (Å²) in [6.07, 6.45) is 0. The molecule has 0 unspecified atom stereocenters. The fourth-order valence-corrected chi connectivity index (χ4v) is 4.85. The molecule has 0 saturated heterocycles. The number of nitrogens with two attached hydrogens (primary N) is 1. The molecule has 160 valence electrons. The van der Waals surface area contributed by atoms with Crippen molar-refractivity contribution in [3.8, 4) is 22.1 Å². The molecule has 0 spiro atoms. The van der Waals surface area contributed by atoms with Crippen molar-refractivity contribution in [3.05, 3.63) is 70.5 Å². The van der Waals surface area contributed by atoms with Crippen LogP contribution in [0.25, 0.3) is 10.6 Å². The number of hydrogen-bond donors (Lipinski definition) is 1. The first-order valence-electron chi connectivity index (χ1n) is 9.65. The van der Waals surface area contributed by atoms with Gasteiger partial charge >= 0.3 is 0 Å². The summed E-state index contributed by atoms with van der Waals surface area (Å²) in [7, 11) is 1.67. The van der Waals surface area contributed by atoms with E-state index in [-0.39, 0.29) is 6.61 Å². The lowest BCUT2D eigenvalue weighted by atomic mass is 10.1. The Hall–Kier alpha value is -3.04. The van der Waals surface area contributed by atoms with Gasteiger partial charge in [0.05, 0.1) is 18.4 Å². The molecule has 0 radical (unpaired) electrons. The Morgan fingerprint density at radius 1 is 1.06 bits per heavy atom. The summed E-state index contributed by atoms with van der Waals surface area (Å²) in [6.45, 7) is 4.29. The van der Waals surface area contributed by atoms with Crippen LogP contribution in [0, 0.1) is 13.8 Å². The minimum atomic E-state index is 0.254. The van der Waals surface area contributed by atoms with Gasteiger partial charge in [-0.15, -0.1) is 21.5 Å². The predicted octanol–water partition coefficient (Wildman–Crippen LogP) is 4.61. The molecule has 4 rings (SSSR count). The van der Waals surface area contributed by atoms with Crippen LogP contribution in [-0.4, -0.2) is 27.0 Å². The molecule has 0 aliphatic heterocycles. The van der Waals surface area contributed by atoms with E-state index in [1.165, 1.54) is 16.4 Å². The minimum absolute atomic E-state index is 0.254. The van der Waals surface area contributed by atoms with E-state index in [1.54, 1.807) is 18.4 Å². The van der Waals surface area contributed by atoms with Gasteiger partial charge in [-0.3, -0.25) is 0 Å². The second-order valence-electron chi connectivity index (χ2n) is 6.91. The van der Waals surface area contributed by atoms with Gasteiger partial charge in [0.25, 0.3) is 0 Å². The van der Waals surface area contributed by atoms with Gasteiger partial charge in [0, 0.05) is 11.1 Å². The van der Waals surface area contributed by atoms with Crippen LogP contribution in [-0.2, 0) is 12.4 Å². The van der Waals surface area contributed by atoms with Crippen LogP contribution >= 0.6 is 23.1 Å². The van der Waals surface area contributed by atoms with Crippen LogP contribution in [0.5, 0.6) is 11.5 Å². The van der Waals surface area contributed by atoms with Crippen LogP contribution < -0.4 is 15.3 Å². The molecule has 0 amide bonds. The molecule has 31 heavy (non-hydrogen) atoms. The van der Waals surface area contributed by atoms with Gasteiger partial charge in [0.2, 0.25) is 5.16 Å². The largest absolute Gasteiger partial charge is 0.496 e. The first-order chi connectivity index (χ1) is 15.1. The molecule has 0 saturated carbocycles. The van der Waals surface area contributed by atoms with Crippen LogP contribution in [0.1, 0.15) is 22.6 Å². The summed E-state index contributed by atoms with van der Waals surface area (Å²) < 4.78 is 12.9. The lowest BCUT2D eigenvalue weighted by molar-refractivity contribution is 0.288. The smallest absolute Gasteiger partial charge is 0.210 e. The molecule has 0 bridgehead atoms. The second-order valence-corrected chi connectivity index (χ2v) is 8.71. The fourth-order valence-electron chi connectivity index (χ4n) is 3.12. The number of ether oxygens (including phenoxy) is 2. The molecular formula is C22H23N5O2S2. The SMILES string of the molecule is COc1ccccc1-c1nc(CSc2nnc(COc3c(C)cccc3C)n2N)cs1. The summed E-state index contributed by atoms with van der Waals surface area (Å²) in [6, 6.07) is 13.9. The second kappa shape index (κ2) is 9.40. The van der Waals surface area contributed by atoms with Crippen LogP contribution in [0.4, 0.5) is 0 Å². The van der Waals surface area contributed by atoms with Gasteiger partial charge in [0.15, 0.2) is 5.82 Å². The van der Waals surface area contributed by atoms with Crippen LogP contribution in [0.15, 0.2) is 53.0 Å². The molecule has 0 fully saturated rings. The molecule has 2 aromatic heterocycles. The number of thiazole rings is 1. The van der Waals surface area contributed by atoms with E-state index in [9.17, 15) is 0 Å². The maximum Gasteiger partial charge on any atom is 0.210 e. The topological polar surface area (TPSA) is 88.1 Å². The minimum Gasteiger partial charge on any atom is -0.496 e. The third kappa shape index (κ3) is 4.67. The number of aryl methyl sites for hydroxylation is 2. The number of rotatable bonds is 8. The van der Waals surface area contributed by atoms with E-state index < -0.39 is 0 Å². The van der Waals surface area contributed by atoms with E-state index in [0.717, 1.165) is 38.9 Å². The van der Waals surface area contributed by atoms with Crippen molar-refractivity contribution in [1.29, 1.82) is 0 Å². The molecular weight excluding hydrogens is 430 g/mol. The number of aromatic nitrogens is 4. The normalized spacial score (nSPS) is 10.9. The lowest BCUT2D eigenvalue weighted by Crippen LogP contribution is -2.16. The number of nitrogens with zero attached hydrogens (tertiary/aromatic N) is 4. The van der Waals surface area contributed by atoms with E-state index in [1.807, 2.05) is 61.7 Å². The highest BCUT2D eigenvalue weighted by Gasteiger charge is 2.14. The predicted molar refractivity (Wildman–Crippen MR) is 124 cm³/mol. The monoisotopic (exact) mass is 453 g/mol. The van der Waals surface area contributed by atoms with Crippen molar-refractivity contribution in [1.82, 2.24) is 19.9 Å². The molecule has 7 nitrogen and oxygen atoms in total. The summed E-state index contributed by atoms with van der Waals surface area (Å²) in [5, 5.41) is 12.0. The van der Waals surface area contributed by atoms with Crippen molar-refractivity contribution in [3.63, 3.8) is 0 Å². The number of para-hydroxylation sites is 2. The van der Waals surface area contributed by atoms with E-state index >= 15 is 0 Å². The fraction of sp³-hybridized carbons (Fsp3) is 0.227. The highest BCUT2D eigenvalue weighted by Crippen LogP contribution is 2.33. The Kier molecular flexibility index (Phi) is 6.43. The molecule has 0 atom stereocenters. The molecule has 2 aromatic carbocycles.